The number of amides is 1. The predicted octanol–water partition coefficient (Wildman–Crippen LogP) is 1.84. The first-order chi connectivity index (χ1) is 12.7. The van der Waals surface area contributed by atoms with Crippen molar-refractivity contribution in [3.8, 4) is 0 Å². The van der Waals surface area contributed by atoms with Crippen LogP contribution in [0.1, 0.15) is 35.2 Å². The molecule has 1 fully saturated rings. The van der Waals surface area contributed by atoms with Crippen LogP contribution in [0.5, 0.6) is 0 Å². The Kier molecular flexibility index (Phi) is 6.24. The van der Waals surface area contributed by atoms with Gasteiger partial charge in [0.1, 0.15) is 5.82 Å². The number of ether oxygens (including phenoxy) is 2. The minimum absolute atomic E-state index is 0.0744. The van der Waals surface area contributed by atoms with E-state index in [2.05, 4.69) is 16.3 Å². The molecule has 1 atom stereocenters. The molecule has 0 bridgehead atoms. The Morgan fingerprint density at radius 1 is 1.27 bits per heavy atom. The summed E-state index contributed by atoms with van der Waals surface area (Å²) in [6.45, 7) is 3.06. The van der Waals surface area contributed by atoms with Crippen LogP contribution < -0.4 is 0 Å². The Morgan fingerprint density at radius 3 is 2.62 bits per heavy atom. The first-order valence-electron chi connectivity index (χ1n) is 9.11. The number of methoxy groups -OCH3 is 2. The van der Waals surface area contributed by atoms with E-state index in [1.807, 2.05) is 24.4 Å². The van der Waals surface area contributed by atoms with Crippen LogP contribution in [0, 0.1) is 0 Å². The summed E-state index contributed by atoms with van der Waals surface area (Å²) in [6.07, 6.45) is 4.21. The molecule has 7 heteroatoms. The molecule has 0 aliphatic carbocycles. The number of carbonyl (C=O) groups excluding carboxylic acids is 1. The van der Waals surface area contributed by atoms with Crippen molar-refractivity contribution in [2.75, 3.05) is 54.1 Å². The van der Waals surface area contributed by atoms with Crippen molar-refractivity contribution in [2.45, 2.75) is 18.9 Å². The van der Waals surface area contributed by atoms with Gasteiger partial charge in [0, 0.05) is 33.5 Å². The van der Waals surface area contributed by atoms with E-state index in [1.54, 1.807) is 19.1 Å². The Labute approximate surface area is 154 Å². The smallest absolute Gasteiger partial charge is 0.274 e. The number of imidazole rings is 1. The zero-order valence-electron chi connectivity index (χ0n) is 15.9. The highest BCUT2D eigenvalue weighted by Gasteiger charge is 2.30. The molecule has 0 unspecified atom stereocenters. The van der Waals surface area contributed by atoms with Crippen LogP contribution in [0.4, 0.5) is 0 Å². The third-order valence-corrected chi connectivity index (χ3v) is 5.01. The number of rotatable bonds is 8. The largest absolute Gasteiger partial charge is 0.383 e. The maximum Gasteiger partial charge on any atom is 0.274 e. The minimum atomic E-state index is -0.0744. The quantitative estimate of drug-likeness (QED) is 0.719. The van der Waals surface area contributed by atoms with Gasteiger partial charge in [-0.05, 0) is 38.6 Å². The monoisotopic (exact) mass is 360 g/mol. The average molecular weight is 360 g/mol. The Hall–Kier alpha value is -1.96. The van der Waals surface area contributed by atoms with Gasteiger partial charge in [0.05, 0.1) is 24.8 Å². The van der Waals surface area contributed by atoms with E-state index in [0.717, 1.165) is 30.7 Å². The summed E-state index contributed by atoms with van der Waals surface area (Å²) in [7, 11) is 5.39. The molecule has 1 amide bonds. The van der Waals surface area contributed by atoms with Crippen LogP contribution in [0.15, 0.2) is 24.4 Å². The van der Waals surface area contributed by atoms with Crippen LogP contribution in [0.3, 0.4) is 0 Å². The molecule has 0 saturated carbocycles. The third kappa shape index (κ3) is 3.75. The van der Waals surface area contributed by atoms with Gasteiger partial charge in [-0.2, -0.15) is 0 Å². The maximum absolute atomic E-state index is 13.2. The maximum atomic E-state index is 13.2. The summed E-state index contributed by atoms with van der Waals surface area (Å²) in [5, 5.41) is 0. The first kappa shape index (κ1) is 18.8. The molecule has 1 saturated heterocycles. The third-order valence-electron chi connectivity index (χ3n) is 5.01. The lowest BCUT2D eigenvalue weighted by Gasteiger charge is -2.21. The van der Waals surface area contributed by atoms with Crippen molar-refractivity contribution < 1.29 is 14.3 Å². The lowest BCUT2D eigenvalue weighted by molar-refractivity contribution is 0.0624. The van der Waals surface area contributed by atoms with E-state index in [4.69, 9.17) is 14.5 Å². The van der Waals surface area contributed by atoms with Crippen molar-refractivity contribution in [2.24, 2.45) is 0 Å². The first-order valence-corrected chi connectivity index (χ1v) is 9.11. The molecule has 1 aliphatic heterocycles. The lowest BCUT2D eigenvalue weighted by Crippen LogP contribution is -2.36. The van der Waals surface area contributed by atoms with Crippen LogP contribution in [0.25, 0.3) is 5.52 Å². The van der Waals surface area contributed by atoms with Gasteiger partial charge in [0.2, 0.25) is 0 Å². The standard InChI is InChI=1S/C19H28N4O3/c1-21-9-6-8-16(21)18-20-17(15-7-4-5-10-23(15)18)19(24)22(11-13-25-2)12-14-26-3/h4-5,7,10,16H,6,8-9,11-14H2,1-3H3/t16-/m0/s1. The van der Waals surface area contributed by atoms with Crippen molar-refractivity contribution in [1.82, 2.24) is 19.2 Å². The summed E-state index contributed by atoms with van der Waals surface area (Å²) in [4.78, 5) is 22.1. The fraction of sp³-hybridized carbons (Fsp3) is 0.579. The highest BCUT2D eigenvalue weighted by Crippen LogP contribution is 2.31. The van der Waals surface area contributed by atoms with E-state index in [-0.39, 0.29) is 11.9 Å². The van der Waals surface area contributed by atoms with Crippen LogP contribution in [-0.2, 0) is 9.47 Å². The minimum Gasteiger partial charge on any atom is -0.383 e. The summed E-state index contributed by atoms with van der Waals surface area (Å²) < 4.78 is 12.4. The zero-order valence-corrected chi connectivity index (χ0v) is 15.9. The highest BCUT2D eigenvalue weighted by atomic mass is 16.5. The fourth-order valence-corrected chi connectivity index (χ4v) is 3.56. The van der Waals surface area contributed by atoms with E-state index < -0.39 is 0 Å². The van der Waals surface area contributed by atoms with Crippen LogP contribution in [0.2, 0.25) is 0 Å². The highest BCUT2D eigenvalue weighted by molar-refractivity contribution is 5.99. The molecule has 26 heavy (non-hydrogen) atoms. The van der Waals surface area contributed by atoms with Gasteiger partial charge in [0.15, 0.2) is 5.69 Å². The molecular weight excluding hydrogens is 332 g/mol. The summed E-state index contributed by atoms with van der Waals surface area (Å²) in [5.74, 6) is 0.872. The summed E-state index contributed by atoms with van der Waals surface area (Å²) >= 11 is 0. The Morgan fingerprint density at radius 2 is 2.00 bits per heavy atom. The molecule has 142 valence electrons. The average Bonchev–Trinajstić information content (AvgIpc) is 3.24. The topological polar surface area (TPSA) is 59.3 Å². The second-order valence-electron chi connectivity index (χ2n) is 6.69. The number of hydrogen-bond donors (Lipinski definition) is 0. The van der Waals surface area contributed by atoms with E-state index in [9.17, 15) is 4.79 Å². The van der Waals surface area contributed by atoms with E-state index in [0.29, 0.717) is 32.0 Å². The lowest BCUT2D eigenvalue weighted by atomic mass is 10.2. The normalized spacial score (nSPS) is 17.9. The molecule has 2 aromatic heterocycles. The molecule has 0 spiro atoms. The number of hydrogen-bond acceptors (Lipinski definition) is 5. The molecule has 3 heterocycles. The SMILES string of the molecule is COCCN(CCOC)C(=O)c1nc([C@@H]2CCCN2C)n2ccccc12. The fourth-order valence-electron chi connectivity index (χ4n) is 3.56. The molecule has 2 aromatic rings. The molecule has 0 radical (unpaired) electrons. The van der Waals surface area contributed by atoms with Crippen molar-refractivity contribution in [1.29, 1.82) is 0 Å². The number of fused-ring (bicyclic) bond motifs is 1. The molecule has 0 N–H and O–H groups in total. The van der Waals surface area contributed by atoms with Crippen molar-refractivity contribution in [3.05, 3.63) is 35.9 Å². The molecular formula is C19H28N4O3. The van der Waals surface area contributed by atoms with Crippen molar-refractivity contribution >= 4 is 11.4 Å². The number of carbonyl (C=O) groups is 1. The van der Waals surface area contributed by atoms with Gasteiger partial charge in [-0.15, -0.1) is 0 Å². The Bertz CT molecular complexity index is 737. The van der Waals surface area contributed by atoms with Gasteiger partial charge < -0.3 is 18.8 Å². The molecule has 3 rings (SSSR count). The number of likely N-dealkylation sites (tertiary alicyclic amines) is 1. The second kappa shape index (κ2) is 8.62. The van der Waals surface area contributed by atoms with Gasteiger partial charge in [-0.3, -0.25) is 9.69 Å². The van der Waals surface area contributed by atoms with Gasteiger partial charge in [0.25, 0.3) is 5.91 Å². The number of aromatic nitrogens is 2. The van der Waals surface area contributed by atoms with Gasteiger partial charge in [-0.1, -0.05) is 6.07 Å². The second-order valence-corrected chi connectivity index (χ2v) is 6.69. The van der Waals surface area contributed by atoms with Crippen LogP contribution in [-0.4, -0.2) is 79.2 Å². The van der Waals surface area contributed by atoms with E-state index in [1.165, 1.54) is 0 Å². The zero-order chi connectivity index (χ0) is 18.5. The molecule has 1 aliphatic rings. The number of pyridine rings is 1. The van der Waals surface area contributed by atoms with Crippen LogP contribution >= 0.6 is 0 Å². The van der Waals surface area contributed by atoms with E-state index >= 15 is 0 Å². The van der Waals surface area contributed by atoms with Gasteiger partial charge in [-0.25, -0.2) is 4.98 Å². The summed E-state index contributed by atoms with van der Waals surface area (Å²) in [6, 6.07) is 6.14. The van der Waals surface area contributed by atoms with Crippen molar-refractivity contribution in [3.63, 3.8) is 0 Å². The predicted molar refractivity (Wildman–Crippen MR) is 99.5 cm³/mol. The Balaban J connectivity index is 1.96. The molecule has 7 nitrogen and oxygen atoms in total. The molecule has 0 aromatic carbocycles. The number of nitrogens with zero attached hydrogens (tertiary/aromatic N) is 4. The summed E-state index contributed by atoms with van der Waals surface area (Å²) in [5.41, 5.74) is 1.36. The van der Waals surface area contributed by atoms with Gasteiger partial charge >= 0.3 is 0 Å².